The number of carbonyl (C=O) groups is 1. The van der Waals surface area contributed by atoms with E-state index in [1.807, 2.05) is 0 Å². The van der Waals surface area contributed by atoms with E-state index in [0.29, 0.717) is 12.0 Å². The fraction of sp³-hybridized carbons (Fsp3) is 0.643. The number of carbonyl (C=O) groups excluding carboxylic acids is 1. The molecule has 25 heavy (non-hydrogen) atoms. The molecule has 2 rings (SSSR count). The van der Waals surface area contributed by atoms with Gasteiger partial charge in [0.1, 0.15) is 18.4 Å². The molecule has 2 heterocycles. The van der Waals surface area contributed by atoms with Crippen LogP contribution in [0.15, 0.2) is 20.9 Å². The van der Waals surface area contributed by atoms with Crippen molar-refractivity contribution >= 4 is 5.97 Å². The summed E-state index contributed by atoms with van der Waals surface area (Å²) in [6, 6.07) is 0. The lowest BCUT2D eigenvalue weighted by Gasteiger charge is -2.16. The molecule has 2 N–H and O–H groups in total. The summed E-state index contributed by atoms with van der Waals surface area (Å²) in [6.07, 6.45) is -0.311. The molecule has 0 spiro atoms. The first-order valence-electron chi connectivity index (χ1n) is 7.75. The Morgan fingerprint density at radius 3 is 3.04 bits per heavy atom. The van der Waals surface area contributed by atoms with Crippen molar-refractivity contribution in [3.8, 4) is 0 Å². The summed E-state index contributed by atoms with van der Waals surface area (Å²) in [7, 11) is 0. The molecule has 1 fully saturated rings. The van der Waals surface area contributed by atoms with Gasteiger partial charge < -0.3 is 14.6 Å². The molecule has 0 unspecified atom stereocenters. The third kappa shape index (κ3) is 4.69. The fourth-order valence-electron chi connectivity index (χ4n) is 2.53. The van der Waals surface area contributed by atoms with Gasteiger partial charge in [0.05, 0.1) is 6.61 Å². The predicted octanol–water partition coefficient (Wildman–Crippen LogP) is 0.127. The molecule has 0 aromatic carbocycles. The number of azide groups is 1. The zero-order valence-electron chi connectivity index (χ0n) is 13.6. The van der Waals surface area contributed by atoms with Gasteiger partial charge >= 0.3 is 11.7 Å². The van der Waals surface area contributed by atoms with Gasteiger partial charge in [-0.25, -0.2) is 4.79 Å². The molecular weight excluding hydrogens is 334 g/mol. The van der Waals surface area contributed by atoms with Crippen LogP contribution in [-0.2, 0) is 14.3 Å². The molecule has 1 saturated heterocycles. The average molecular weight is 353 g/mol. The van der Waals surface area contributed by atoms with Crippen LogP contribution in [0.1, 0.15) is 31.1 Å². The number of hydrogen-bond acceptors (Lipinski definition) is 7. The molecule has 11 nitrogen and oxygen atoms in total. The van der Waals surface area contributed by atoms with Gasteiger partial charge in [0.15, 0.2) is 0 Å². The third-order valence-corrected chi connectivity index (χ3v) is 3.80. The van der Waals surface area contributed by atoms with E-state index in [1.165, 1.54) is 10.8 Å². The second-order valence-electron chi connectivity index (χ2n) is 5.61. The van der Waals surface area contributed by atoms with Gasteiger partial charge in [-0.3, -0.25) is 19.1 Å². The quantitative estimate of drug-likeness (QED) is 0.233. The highest BCUT2D eigenvalue weighted by Crippen LogP contribution is 2.30. The number of nitrogens with zero attached hydrogens (tertiary/aromatic N) is 4. The Hall–Kier alpha value is -2.62. The van der Waals surface area contributed by atoms with Crippen molar-refractivity contribution < 1.29 is 19.4 Å². The lowest BCUT2D eigenvalue weighted by Crippen LogP contribution is -2.33. The first-order chi connectivity index (χ1) is 12.0. The van der Waals surface area contributed by atoms with E-state index in [4.69, 9.17) is 15.0 Å². The molecular formula is C14H19N5O6. The van der Waals surface area contributed by atoms with E-state index in [9.17, 15) is 19.5 Å². The van der Waals surface area contributed by atoms with Crippen LogP contribution in [0, 0.1) is 6.92 Å². The Balaban J connectivity index is 2.03. The maximum Gasteiger partial charge on any atom is 0.330 e. The molecule has 3 atom stereocenters. The molecule has 0 aliphatic carbocycles. The van der Waals surface area contributed by atoms with Crippen LogP contribution < -0.4 is 11.2 Å². The third-order valence-electron chi connectivity index (χ3n) is 3.80. The smallest absolute Gasteiger partial charge is 0.330 e. The van der Waals surface area contributed by atoms with Crippen molar-refractivity contribution in [3.63, 3.8) is 0 Å². The van der Waals surface area contributed by atoms with Crippen molar-refractivity contribution in [2.75, 3.05) is 13.2 Å². The van der Waals surface area contributed by atoms with Crippen LogP contribution in [0.3, 0.4) is 0 Å². The van der Waals surface area contributed by atoms with Gasteiger partial charge in [0.25, 0.3) is 5.56 Å². The fourth-order valence-corrected chi connectivity index (χ4v) is 2.53. The van der Waals surface area contributed by atoms with E-state index >= 15 is 0 Å². The number of aromatic amines is 1. The summed E-state index contributed by atoms with van der Waals surface area (Å²) >= 11 is 0. The Morgan fingerprint density at radius 2 is 2.36 bits per heavy atom. The topological polar surface area (TPSA) is 159 Å². The SMILES string of the molecule is Cc1cn([C@H]2C[C@H](OC(=O)CCCN=[N+]=[N-])[C@@H](CO)O2)c(=O)[nH]c1=O. The number of nitrogens with one attached hydrogen (secondary N) is 1. The number of H-pyrrole nitrogens is 1. The Bertz CT molecular complexity index is 781. The second-order valence-corrected chi connectivity index (χ2v) is 5.61. The van der Waals surface area contributed by atoms with Gasteiger partial charge in [0.2, 0.25) is 0 Å². The predicted molar refractivity (Wildman–Crippen MR) is 84.8 cm³/mol. The van der Waals surface area contributed by atoms with Crippen LogP contribution in [0.4, 0.5) is 0 Å². The van der Waals surface area contributed by atoms with Gasteiger partial charge in [-0.2, -0.15) is 0 Å². The minimum atomic E-state index is -0.773. The summed E-state index contributed by atoms with van der Waals surface area (Å²) in [6.45, 7) is 1.35. The first-order valence-corrected chi connectivity index (χ1v) is 7.75. The lowest BCUT2D eigenvalue weighted by atomic mass is 10.2. The Kier molecular flexibility index (Phi) is 6.34. The standard InChI is InChI=1S/C14H19N5O6/c1-8-6-19(14(23)17-13(8)22)11-5-9(10(7-20)24-11)25-12(21)3-2-4-16-18-15/h6,9-11,20H,2-5,7H2,1H3,(H,17,22,23)/t9-,10+,11+/m0/s1. The van der Waals surface area contributed by atoms with Gasteiger partial charge in [-0.15, -0.1) is 0 Å². The van der Waals surface area contributed by atoms with Crippen molar-refractivity contribution in [1.29, 1.82) is 0 Å². The first kappa shape index (κ1) is 18.7. The summed E-state index contributed by atoms with van der Waals surface area (Å²) < 4.78 is 12.1. The molecule has 0 saturated carbocycles. The normalized spacial score (nSPS) is 22.4. The average Bonchev–Trinajstić information content (AvgIpc) is 2.97. The van der Waals surface area contributed by atoms with Crippen LogP contribution in [0.5, 0.6) is 0 Å². The molecule has 0 radical (unpaired) electrons. The molecule has 11 heteroatoms. The number of aryl methyl sites for hydroxylation is 1. The van der Waals surface area contributed by atoms with Crippen molar-refractivity contribution in [3.05, 3.63) is 43.0 Å². The van der Waals surface area contributed by atoms with E-state index < -0.39 is 35.7 Å². The number of aromatic nitrogens is 2. The highest BCUT2D eigenvalue weighted by Gasteiger charge is 2.38. The molecule has 0 amide bonds. The van der Waals surface area contributed by atoms with E-state index in [2.05, 4.69) is 15.0 Å². The number of esters is 1. The summed E-state index contributed by atoms with van der Waals surface area (Å²) in [5, 5.41) is 12.7. The van der Waals surface area contributed by atoms with Crippen molar-refractivity contribution in [2.45, 2.75) is 44.6 Å². The van der Waals surface area contributed by atoms with Crippen LogP contribution in [0.25, 0.3) is 10.4 Å². The molecule has 136 valence electrons. The molecule has 0 bridgehead atoms. The van der Waals surface area contributed by atoms with Gasteiger partial charge in [-0.05, 0) is 18.9 Å². The minimum absolute atomic E-state index is 0.0655. The van der Waals surface area contributed by atoms with E-state index in [-0.39, 0.29) is 26.0 Å². The zero-order chi connectivity index (χ0) is 18.4. The van der Waals surface area contributed by atoms with Crippen molar-refractivity contribution in [2.24, 2.45) is 5.11 Å². The summed E-state index contributed by atoms with van der Waals surface area (Å²) in [5.41, 5.74) is 7.38. The number of ether oxygens (including phenoxy) is 2. The maximum atomic E-state index is 11.9. The van der Waals surface area contributed by atoms with Crippen LogP contribution in [0.2, 0.25) is 0 Å². The molecule has 1 aromatic heterocycles. The van der Waals surface area contributed by atoms with E-state index in [0.717, 1.165) is 0 Å². The molecule has 1 aliphatic heterocycles. The van der Waals surface area contributed by atoms with Crippen molar-refractivity contribution in [1.82, 2.24) is 9.55 Å². The largest absolute Gasteiger partial charge is 0.459 e. The monoisotopic (exact) mass is 353 g/mol. The number of hydrogen-bond donors (Lipinski definition) is 2. The minimum Gasteiger partial charge on any atom is -0.459 e. The number of aliphatic hydroxyl groups is 1. The number of rotatable bonds is 7. The zero-order valence-corrected chi connectivity index (χ0v) is 13.6. The Labute approximate surface area is 141 Å². The molecule has 1 aliphatic rings. The second kappa shape index (κ2) is 8.47. The maximum absolute atomic E-state index is 11.9. The van der Waals surface area contributed by atoms with Crippen LogP contribution in [-0.4, -0.2) is 46.0 Å². The molecule has 1 aromatic rings. The Morgan fingerprint density at radius 1 is 1.60 bits per heavy atom. The van der Waals surface area contributed by atoms with E-state index in [1.54, 1.807) is 6.92 Å². The summed E-state index contributed by atoms with van der Waals surface area (Å²) in [4.78, 5) is 39.9. The lowest BCUT2D eigenvalue weighted by molar-refractivity contribution is -0.153. The van der Waals surface area contributed by atoms with Crippen LogP contribution >= 0.6 is 0 Å². The highest BCUT2D eigenvalue weighted by molar-refractivity contribution is 5.69. The van der Waals surface area contributed by atoms with Gasteiger partial charge in [0, 0.05) is 36.1 Å². The highest BCUT2D eigenvalue weighted by atomic mass is 16.6. The number of aliphatic hydroxyl groups excluding tert-OH is 1. The van der Waals surface area contributed by atoms with Gasteiger partial charge in [-0.1, -0.05) is 5.11 Å². The summed E-state index contributed by atoms with van der Waals surface area (Å²) in [5.74, 6) is -0.508.